The molecule has 2 unspecified atom stereocenters. The number of benzene rings is 6. The molecule has 0 saturated heterocycles. The molecule has 2 N–H and O–H groups in total. The normalized spacial score (nSPS) is 15.6. The number of aromatic hydroxyl groups is 2. The van der Waals surface area contributed by atoms with Crippen LogP contribution in [0.5, 0.6) is 28.7 Å². The van der Waals surface area contributed by atoms with E-state index in [0.717, 1.165) is 75.9 Å². The monoisotopic (exact) mass is 826 g/mol. The number of rotatable bonds is 10. The average molecular weight is 827 g/mol. The summed E-state index contributed by atoms with van der Waals surface area (Å²) in [5.41, 5.74) is 7.03. The zero-order chi connectivity index (χ0) is 41.3. The molecule has 0 aliphatic heterocycles. The summed E-state index contributed by atoms with van der Waals surface area (Å²) in [6.45, 7) is 12.7. The Hall–Kier alpha value is -5.62. The van der Waals surface area contributed by atoms with Crippen LogP contribution in [0, 0.1) is 13.8 Å². The minimum Gasteiger partial charge on any atom is -0.872 e. The SMILES string of the molecule is Cc1cc(C=NC2CCCCC2N=Cc2cc(C)cc(C(C)(C)c3ccccc3)c2O)c(O)c(C(C)(C)c2ccccc2)c1.[Mn].[O-]c1ccc(Oc2ccccc2)cc1. The van der Waals surface area contributed by atoms with E-state index in [1.165, 1.54) is 12.1 Å². The van der Waals surface area contributed by atoms with Gasteiger partial charge >= 0.3 is 0 Å². The average Bonchev–Trinajstić information content (AvgIpc) is 3.23. The zero-order valence-corrected chi connectivity index (χ0v) is 36.1. The molecule has 0 bridgehead atoms. The number of aryl methyl sites for hydroxylation is 2. The van der Waals surface area contributed by atoms with Gasteiger partial charge in [-0.15, -0.1) is 5.75 Å². The van der Waals surface area contributed by atoms with Crippen LogP contribution >= 0.6 is 0 Å². The predicted octanol–water partition coefficient (Wildman–Crippen LogP) is 11.8. The van der Waals surface area contributed by atoms with Crippen LogP contribution in [-0.4, -0.2) is 34.7 Å². The van der Waals surface area contributed by atoms with Crippen LogP contribution in [0.25, 0.3) is 0 Å². The summed E-state index contributed by atoms with van der Waals surface area (Å²) >= 11 is 0. The molecule has 6 nitrogen and oxygen atoms in total. The molecule has 7 rings (SSSR count). The van der Waals surface area contributed by atoms with E-state index in [4.69, 9.17) is 14.7 Å². The topological polar surface area (TPSA) is 97.5 Å². The molecule has 6 aromatic rings. The first-order valence-electron chi connectivity index (χ1n) is 20.2. The fourth-order valence-electron chi connectivity index (χ4n) is 7.71. The molecule has 1 saturated carbocycles. The molecule has 7 heteroatoms. The van der Waals surface area contributed by atoms with E-state index < -0.39 is 0 Å². The largest absolute Gasteiger partial charge is 0.872 e. The Labute approximate surface area is 360 Å². The number of phenolic OH excluding ortho intramolecular Hbond substituents is 2. The van der Waals surface area contributed by atoms with Crippen LogP contribution in [0.3, 0.4) is 0 Å². The van der Waals surface area contributed by atoms with Crippen molar-refractivity contribution in [2.24, 2.45) is 9.98 Å². The number of ether oxygens (including phenoxy) is 1. The second-order valence-corrected chi connectivity index (χ2v) is 16.3. The van der Waals surface area contributed by atoms with Gasteiger partial charge in [0, 0.05) is 62.6 Å². The smallest absolute Gasteiger partial charge is 0.128 e. The summed E-state index contributed by atoms with van der Waals surface area (Å²) in [5.74, 6) is 2.00. The number of nitrogens with zero attached hydrogens (tertiary/aromatic N) is 2. The van der Waals surface area contributed by atoms with Gasteiger partial charge in [-0.1, -0.05) is 144 Å². The molecule has 2 atom stereocenters. The van der Waals surface area contributed by atoms with Crippen LogP contribution in [0.1, 0.15) is 97.9 Å². The fourth-order valence-corrected chi connectivity index (χ4v) is 7.71. The Morgan fingerprint density at radius 1 is 0.559 bits per heavy atom. The molecule has 1 aliphatic carbocycles. The summed E-state index contributed by atoms with van der Waals surface area (Å²) in [7, 11) is 0. The molecule has 1 fully saturated rings. The van der Waals surface area contributed by atoms with Gasteiger partial charge in [-0.3, -0.25) is 9.98 Å². The molecule has 0 amide bonds. The van der Waals surface area contributed by atoms with Gasteiger partial charge in [0.2, 0.25) is 0 Å². The van der Waals surface area contributed by atoms with Crippen molar-refractivity contribution in [2.45, 2.75) is 90.1 Å². The molecule has 0 aromatic heterocycles. The van der Waals surface area contributed by atoms with Crippen LogP contribution in [0.2, 0.25) is 0 Å². The van der Waals surface area contributed by atoms with Crippen molar-refractivity contribution in [1.82, 2.24) is 0 Å². The van der Waals surface area contributed by atoms with Gasteiger partial charge in [-0.05, 0) is 85.3 Å². The van der Waals surface area contributed by atoms with E-state index in [1.807, 2.05) is 91.3 Å². The number of aliphatic imine (C=N–C) groups is 2. The molecule has 1 aliphatic rings. The maximum Gasteiger partial charge on any atom is 0.128 e. The van der Waals surface area contributed by atoms with Gasteiger partial charge in [-0.2, -0.15) is 0 Å². The third kappa shape index (κ3) is 11.1. The van der Waals surface area contributed by atoms with Crippen LogP contribution in [0.4, 0.5) is 0 Å². The molecule has 6 aromatic carbocycles. The predicted molar refractivity (Wildman–Crippen MR) is 236 cm³/mol. The fraction of sp³-hybridized carbons (Fsp3) is 0.269. The molecule has 0 spiro atoms. The number of para-hydroxylation sites is 1. The van der Waals surface area contributed by atoms with E-state index in [0.29, 0.717) is 5.75 Å². The first kappa shape index (κ1) is 44.5. The van der Waals surface area contributed by atoms with Gasteiger partial charge in [0.1, 0.15) is 23.0 Å². The second kappa shape index (κ2) is 19.9. The number of hydrogen-bond acceptors (Lipinski definition) is 6. The quantitative estimate of drug-likeness (QED) is 0.106. The summed E-state index contributed by atoms with van der Waals surface area (Å²) in [6, 6.07) is 44.6. The molecule has 305 valence electrons. The van der Waals surface area contributed by atoms with E-state index in [2.05, 4.69) is 77.9 Å². The number of phenols is 2. The Kier molecular flexibility index (Phi) is 15.0. The van der Waals surface area contributed by atoms with Gasteiger partial charge < -0.3 is 20.1 Å². The molecular weight excluding hydrogens is 772 g/mol. The maximum atomic E-state index is 11.4. The Bertz CT molecular complexity index is 2200. The Balaban J connectivity index is 0.000000371. The van der Waals surface area contributed by atoms with Crippen molar-refractivity contribution < 1.29 is 37.1 Å². The van der Waals surface area contributed by atoms with Gasteiger partial charge in [0.25, 0.3) is 0 Å². The van der Waals surface area contributed by atoms with E-state index >= 15 is 0 Å². The van der Waals surface area contributed by atoms with Crippen molar-refractivity contribution in [3.8, 4) is 28.7 Å². The minimum atomic E-state index is -0.360. The Morgan fingerprint density at radius 3 is 1.34 bits per heavy atom. The summed E-state index contributed by atoms with van der Waals surface area (Å²) in [6.07, 6.45) is 7.78. The van der Waals surface area contributed by atoms with Crippen molar-refractivity contribution in [2.75, 3.05) is 0 Å². The van der Waals surface area contributed by atoms with Crippen LogP contribution < -0.4 is 9.84 Å². The van der Waals surface area contributed by atoms with E-state index in [-0.39, 0.29) is 57.2 Å². The third-order valence-corrected chi connectivity index (χ3v) is 11.2. The second-order valence-electron chi connectivity index (χ2n) is 16.3. The van der Waals surface area contributed by atoms with Crippen LogP contribution in [-0.2, 0) is 27.9 Å². The standard InChI is InChI=1S/C40H46N2O2.C12H10O2.Mn/c1-27-21-29(37(43)33(23-27)39(3,4)31-15-9-7-10-16-31)25-41-35-19-13-14-20-36(35)42-26-30-22-28(2)24-34(38(30)44)40(5,6)32-17-11-8-12-18-32;13-10-6-8-12(9-7-10)14-11-4-2-1-3-5-11;/h7-12,15-18,21-26,35-36,43-44H,13-14,19-20H2,1-6H3;1-9,13H;/p-1. The summed E-state index contributed by atoms with van der Waals surface area (Å²) in [4.78, 5) is 10.0. The minimum absolute atomic E-state index is 0. The van der Waals surface area contributed by atoms with Crippen molar-refractivity contribution in [1.29, 1.82) is 0 Å². The summed E-state index contributed by atoms with van der Waals surface area (Å²) < 4.78 is 5.49. The van der Waals surface area contributed by atoms with Crippen molar-refractivity contribution >= 4 is 12.4 Å². The van der Waals surface area contributed by atoms with Gasteiger partial charge in [-0.25, -0.2) is 0 Å². The van der Waals surface area contributed by atoms with Crippen molar-refractivity contribution in [3.05, 3.63) is 184 Å². The van der Waals surface area contributed by atoms with E-state index in [9.17, 15) is 15.3 Å². The first-order chi connectivity index (χ1) is 27.8. The van der Waals surface area contributed by atoms with Gasteiger partial charge in [0.15, 0.2) is 0 Å². The van der Waals surface area contributed by atoms with Crippen molar-refractivity contribution in [3.63, 3.8) is 0 Å². The maximum absolute atomic E-state index is 11.4. The first-order valence-corrected chi connectivity index (χ1v) is 20.2. The molecular formula is C52H55MnN2O4-. The van der Waals surface area contributed by atoms with Gasteiger partial charge in [0.05, 0.1) is 12.1 Å². The Morgan fingerprint density at radius 2 is 0.932 bits per heavy atom. The molecule has 0 heterocycles. The number of hydrogen-bond donors (Lipinski definition) is 2. The zero-order valence-electron chi connectivity index (χ0n) is 34.9. The summed E-state index contributed by atoms with van der Waals surface area (Å²) in [5, 5.41) is 33.7. The van der Waals surface area contributed by atoms with Crippen LogP contribution in [0.15, 0.2) is 150 Å². The van der Waals surface area contributed by atoms with E-state index in [1.54, 1.807) is 12.1 Å². The third-order valence-electron chi connectivity index (χ3n) is 11.2. The molecule has 1 radical (unpaired) electrons. The molecule has 59 heavy (non-hydrogen) atoms.